The number of ether oxygens (including phenoxy) is 3. The summed E-state index contributed by atoms with van der Waals surface area (Å²) in [5, 5.41) is 9.78. The molecule has 3 atom stereocenters. The van der Waals surface area contributed by atoms with Crippen molar-refractivity contribution in [1.82, 2.24) is 9.80 Å². The molecule has 270 valence electrons. The molecule has 0 spiro atoms. The molecular formula is C42H49IN2O6. The third-order valence-corrected chi connectivity index (χ3v) is 10.00. The minimum absolute atomic E-state index is 0.197. The van der Waals surface area contributed by atoms with Gasteiger partial charge in [-0.2, -0.15) is 0 Å². The Morgan fingerprint density at radius 1 is 0.863 bits per heavy atom. The predicted molar refractivity (Wildman–Crippen MR) is 209 cm³/mol. The topological polar surface area (TPSA) is 88.5 Å². The van der Waals surface area contributed by atoms with Crippen LogP contribution in [-0.2, 0) is 50.1 Å². The van der Waals surface area contributed by atoms with Gasteiger partial charge in [0.25, 0.3) is 0 Å². The Morgan fingerprint density at radius 3 is 1.84 bits per heavy atom. The lowest BCUT2D eigenvalue weighted by Crippen LogP contribution is -2.58. The molecule has 0 aromatic heterocycles. The Kier molecular flexibility index (Phi) is 16.3. The average molecular weight is 805 g/mol. The smallest absolute Gasteiger partial charge is 0.326 e. The highest BCUT2D eigenvalue weighted by Crippen LogP contribution is 2.26. The molecular weight excluding hydrogens is 755 g/mol. The molecule has 0 radical (unpaired) electrons. The summed E-state index contributed by atoms with van der Waals surface area (Å²) in [6.07, 6.45) is 0. The molecule has 1 aliphatic rings. The van der Waals surface area contributed by atoms with Crippen LogP contribution in [0.25, 0.3) is 0 Å². The first-order chi connectivity index (χ1) is 24.7. The van der Waals surface area contributed by atoms with Crippen LogP contribution in [0.5, 0.6) is 0 Å². The number of nitrogens with zero attached hydrogens (tertiary/aromatic N) is 2. The minimum atomic E-state index is -0.722. The Morgan fingerprint density at radius 2 is 1.35 bits per heavy atom. The fourth-order valence-electron chi connectivity index (χ4n) is 5.68. The van der Waals surface area contributed by atoms with Crippen molar-refractivity contribution in [3.8, 4) is 0 Å². The van der Waals surface area contributed by atoms with Gasteiger partial charge < -0.3 is 19.3 Å². The third kappa shape index (κ3) is 13.3. The zero-order valence-electron chi connectivity index (χ0n) is 29.5. The zero-order valence-corrected chi connectivity index (χ0v) is 31.7. The molecule has 9 heteroatoms. The summed E-state index contributed by atoms with van der Waals surface area (Å²) >= 11 is 2.35. The fourth-order valence-corrected chi connectivity index (χ4v) is 6.14. The second-order valence-corrected chi connectivity index (χ2v) is 13.8. The maximum atomic E-state index is 12.7. The summed E-state index contributed by atoms with van der Waals surface area (Å²) in [4.78, 5) is 29.3. The van der Waals surface area contributed by atoms with E-state index in [0.717, 1.165) is 26.7 Å². The van der Waals surface area contributed by atoms with E-state index in [4.69, 9.17) is 14.2 Å². The van der Waals surface area contributed by atoms with Crippen LogP contribution in [0.2, 0.25) is 0 Å². The van der Waals surface area contributed by atoms with Crippen LogP contribution in [-0.4, -0.2) is 75.3 Å². The number of esters is 2. The summed E-state index contributed by atoms with van der Waals surface area (Å²) in [7, 11) is 0. The normalized spacial score (nSPS) is 17.9. The number of benzene rings is 4. The zero-order chi connectivity index (χ0) is 36.5. The van der Waals surface area contributed by atoms with E-state index in [1.54, 1.807) is 0 Å². The lowest BCUT2D eigenvalue weighted by atomic mass is 10.0. The van der Waals surface area contributed by atoms with Crippen LogP contribution in [0.4, 0.5) is 0 Å². The van der Waals surface area contributed by atoms with Crippen molar-refractivity contribution < 1.29 is 28.9 Å². The molecule has 8 nitrogen and oxygen atoms in total. The number of aliphatic hydroxyl groups excluding tert-OH is 1. The second kappa shape index (κ2) is 20.8. The maximum absolute atomic E-state index is 12.7. The monoisotopic (exact) mass is 804 g/mol. The highest BCUT2D eigenvalue weighted by molar-refractivity contribution is 14.1. The number of carbonyl (C=O) groups is 2. The molecule has 1 N–H and O–H groups in total. The Hall–Kier alpha value is -3.87. The number of alkyl halides is 1. The minimum Gasteiger partial charge on any atom is -0.460 e. The molecule has 1 heterocycles. The van der Waals surface area contributed by atoms with Gasteiger partial charge in [0.15, 0.2) is 0 Å². The molecule has 1 aliphatic heterocycles. The third-order valence-electron chi connectivity index (χ3n) is 8.39. The van der Waals surface area contributed by atoms with E-state index in [-0.39, 0.29) is 30.8 Å². The van der Waals surface area contributed by atoms with E-state index in [2.05, 4.69) is 53.1 Å². The first-order valence-electron chi connectivity index (χ1n) is 17.1. The molecule has 5 rings (SSSR count). The van der Waals surface area contributed by atoms with E-state index in [1.165, 1.54) is 5.56 Å². The van der Waals surface area contributed by atoms with E-state index < -0.39 is 12.0 Å². The summed E-state index contributed by atoms with van der Waals surface area (Å²) in [6.45, 7) is 11.0. The van der Waals surface area contributed by atoms with E-state index in [9.17, 15) is 14.7 Å². The highest BCUT2D eigenvalue weighted by atomic mass is 127. The molecule has 51 heavy (non-hydrogen) atoms. The second-order valence-electron chi connectivity index (χ2n) is 13.0. The number of hydrogen-bond donors (Lipinski definition) is 1. The van der Waals surface area contributed by atoms with Gasteiger partial charge in [0.2, 0.25) is 0 Å². The molecule has 1 fully saturated rings. The molecule has 4 aromatic rings. The van der Waals surface area contributed by atoms with Crippen LogP contribution in [0.15, 0.2) is 133 Å². The lowest BCUT2D eigenvalue weighted by molar-refractivity contribution is -0.169. The van der Waals surface area contributed by atoms with Crippen molar-refractivity contribution in [3.63, 3.8) is 0 Å². The van der Waals surface area contributed by atoms with Crippen LogP contribution < -0.4 is 0 Å². The number of carbonyl (C=O) groups excluding carboxylic acids is 2. The van der Waals surface area contributed by atoms with Gasteiger partial charge >= 0.3 is 11.9 Å². The number of hydrogen-bond acceptors (Lipinski definition) is 8. The quantitative estimate of drug-likeness (QED) is 0.0596. The molecule has 0 bridgehead atoms. The van der Waals surface area contributed by atoms with Gasteiger partial charge in [0.05, 0.1) is 18.8 Å². The van der Waals surface area contributed by atoms with Crippen LogP contribution in [0.1, 0.15) is 36.1 Å². The molecule has 1 unspecified atom stereocenters. The van der Waals surface area contributed by atoms with Crippen molar-refractivity contribution in [1.29, 1.82) is 0 Å². The van der Waals surface area contributed by atoms with Crippen LogP contribution >= 0.6 is 22.6 Å². The number of rotatable bonds is 15. The van der Waals surface area contributed by atoms with Crippen molar-refractivity contribution in [2.75, 3.05) is 30.7 Å². The van der Waals surface area contributed by atoms with Crippen molar-refractivity contribution in [2.24, 2.45) is 0 Å². The maximum Gasteiger partial charge on any atom is 0.326 e. The lowest BCUT2D eigenvalue weighted by Gasteiger charge is -2.43. The van der Waals surface area contributed by atoms with Gasteiger partial charge in [-0.25, -0.2) is 0 Å². The number of halogens is 1. The van der Waals surface area contributed by atoms with Gasteiger partial charge in [-0.15, -0.1) is 0 Å². The molecule has 0 saturated carbocycles. The number of aliphatic hydroxyl groups is 1. The van der Waals surface area contributed by atoms with Crippen molar-refractivity contribution >= 4 is 34.5 Å². The Balaban J connectivity index is 0.000000229. The molecule has 1 saturated heterocycles. The molecule has 4 aromatic carbocycles. The predicted octanol–water partition coefficient (Wildman–Crippen LogP) is 6.99. The van der Waals surface area contributed by atoms with E-state index in [1.807, 2.05) is 121 Å². The fraction of sp³-hybridized carbons (Fsp3) is 0.333. The first-order valence-corrected chi connectivity index (χ1v) is 18.6. The number of morpholine rings is 1. The molecule has 0 amide bonds. The summed E-state index contributed by atoms with van der Waals surface area (Å²) in [5.74, 6) is -0.649. The van der Waals surface area contributed by atoms with Crippen molar-refractivity contribution in [3.05, 3.63) is 156 Å². The summed E-state index contributed by atoms with van der Waals surface area (Å²) in [6, 6.07) is 38.2. The molecule has 0 aliphatic carbocycles. The summed E-state index contributed by atoms with van der Waals surface area (Å²) < 4.78 is 17.9. The standard InChI is InChI=1S/C21H24INO3.C21H25NO3/c1-21(15-22)16-23(12-17-8-4-2-5-9-17)19(14-26-21)20(24)25-13-18-10-6-3-7-11-18;1-17(2)13-22(14-18-9-5-3-6-10-18)20(15-23)21(24)25-16-19-11-7-4-8-12-19/h2-11,19H,12-16H2,1H3;3-12,20,23H,1,13-16H2,2H3/t19-,21?;20-/m00/s1. The van der Waals surface area contributed by atoms with Gasteiger partial charge in [-0.05, 0) is 36.1 Å². The van der Waals surface area contributed by atoms with Gasteiger partial charge in [-0.1, -0.05) is 156 Å². The highest BCUT2D eigenvalue weighted by Gasteiger charge is 2.40. The first kappa shape index (κ1) is 39.9. The van der Waals surface area contributed by atoms with Crippen LogP contribution in [0.3, 0.4) is 0 Å². The Labute approximate surface area is 316 Å². The van der Waals surface area contributed by atoms with Gasteiger partial charge in [-0.3, -0.25) is 19.4 Å². The van der Waals surface area contributed by atoms with Gasteiger partial charge in [0.1, 0.15) is 25.3 Å². The average Bonchev–Trinajstić information content (AvgIpc) is 3.15. The van der Waals surface area contributed by atoms with E-state index in [0.29, 0.717) is 39.4 Å². The Bertz CT molecular complexity index is 1630. The van der Waals surface area contributed by atoms with E-state index >= 15 is 0 Å². The summed E-state index contributed by atoms with van der Waals surface area (Å²) in [5.41, 5.74) is 4.84. The van der Waals surface area contributed by atoms with Crippen LogP contribution in [0, 0.1) is 0 Å². The van der Waals surface area contributed by atoms with Gasteiger partial charge in [0, 0.05) is 30.6 Å². The largest absolute Gasteiger partial charge is 0.460 e. The SMILES string of the molecule is C=C(C)CN(Cc1ccccc1)[C@@H](CO)C(=O)OCc1ccccc1.CC1(CI)CN(Cc2ccccc2)[C@H](C(=O)OCc2ccccc2)CO1. The van der Waals surface area contributed by atoms with Crippen molar-refractivity contribution in [2.45, 2.75) is 57.8 Å².